The Labute approximate surface area is 90.0 Å². The van der Waals surface area contributed by atoms with Crippen LogP contribution in [0.3, 0.4) is 0 Å². The zero-order chi connectivity index (χ0) is 10.1. The highest BCUT2D eigenvalue weighted by atomic mass is 35.5. The predicted octanol–water partition coefficient (Wildman–Crippen LogP) is 0.920. The molecule has 2 rings (SSSR count). The SMILES string of the molecule is CN(C1CC1)[C@H]1CCN(C(=O)CCl)C1. The van der Waals surface area contributed by atoms with Gasteiger partial charge < -0.3 is 4.90 Å². The summed E-state index contributed by atoms with van der Waals surface area (Å²) >= 11 is 5.53. The van der Waals surface area contributed by atoms with E-state index in [2.05, 4.69) is 11.9 Å². The molecule has 1 heterocycles. The average molecular weight is 217 g/mol. The fourth-order valence-electron chi connectivity index (χ4n) is 2.17. The number of nitrogens with zero attached hydrogens (tertiary/aromatic N) is 2. The Bertz CT molecular complexity index is 230. The Kier molecular flexibility index (Phi) is 2.98. The molecule has 80 valence electrons. The topological polar surface area (TPSA) is 23.6 Å². The van der Waals surface area contributed by atoms with E-state index in [1.807, 2.05) is 4.90 Å². The second-order valence-corrected chi connectivity index (χ2v) is 4.58. The Morgan fingerprint density at radius 1 is 1.43 bits per heavy atom. The Balaban J connectivity index is 1.84. The van der Waals surface area contributed by atoms with Crippen LogP contribution in [0.15, 0.2) is 0 Å². The van der Waals surface area contributed by atoms with Gasteiger partial charge in [0.05, 0.1) is 0 Å². The summed E-state index contributed by atoms with van der Waals surface area (Å²) in [5, 5.41) is 0. The van der Waals surface area contributed by atoms with E-state index in [9.17, 15) is 4.79 Å². The lowest BCUT2D eigenvalue weighted by Gasteiger charge is -2.24. The average Bonchev–Trinajstić information content (AvgIpc) is 2.93. The zero-order valence-electron chi connectivity index (χ0n) is 8.58. The summed E-state index contributed by atoms with van der Waals surface area (Å²) in [6, 6.07) is 1.35. The van der Waals surface area contributed by atoms with Crippen LogP contribution >= 0.6 is 11.6 Å². The number of alkyl halides is 1. The molecule has 4 heteroatoms. The minimum absolute atomic E-state index is 0.0818. The van der Waals surface area contributed by atoms with Crippen LogP contribution in [-0.2, 0) is 4.79 Å². The Morgan fingerprint density at radius 2 is 2.14 bits per heavy atom. The Morgan fingerprint density at radius 3 is 2.71 bits per heavy atom. The summed E-state index contributed by atoms with van der Waals surface area (Å²) in [6.07, 6.45) is 3.77. The maximum atomic E-state index is 11.3. The summed E-state index contributed by atoms with van der Waals surface area (Å²) in [4.78, 5) is 15.7. The molecule has 2 aliphatic rings. The standard InChI is InChI=1S/C10H17ClN2O/c1-12(8-2-3-8)9-4-5-13(7-9)10(14)6-11/h8-9H,2-7H2,1H3/t9-/m0/s1. The van der Waals surface area contributed by atoms with E-state index in [1.54, 1.807) is 0 Å². The molecule has 0 aromatic carbocycles. The van der Waals surface area contributed by atoms with E-state index in [-0.39, 0.29) is 11.8 Å². The third kappa shape index (κ3) is 2.04. The van der Waals surface area contributed by atoms with Crippen LogP contribution < -0.4 is 0 Å². The highest BCUT2D eigenvalue weighted by Crippen LogP contribution is 2.29. The van der Waals surface area contributed by atoms with Gasteiger partial charge in [-0.25, -0.2) is 0 Å². The third-order valence-corrected chi connectivity index (χ3v) is 3.56. The first-order valence-corrected chi connectivity index (χ1v) is 5.81. The van der Waals surface area contributed by atoms with Crippen LogP contribution in [0.2, 0.25) is 0 Å². The van der Waals surface area contributed by atoms with Gasteiger partial charge in [0.2, 0.25) is 5.91 Å². The molecule has 0 unspecified atom stereocenters. The summed E-state index contributed by atoms with van der Waals surface area (Å²) in [6.45, 7) is 1.76. The number of carbonyl (C=O) groups is 1. The van der Waals surface area contributed by atoms with Crippen molar-refractivity contribution in [3.8, 4) is 0 Å². The lowest BCUT2D eigenvalue weighted by Crippen LogP contribution is -2.38. The first-order valence-electron chi connectivity index (χ1n) is 5.28. The van der Waals surface area contributed by atoms with Gasteiger partial charge in [0.25, 0.3) is 0 Å². The summed E-state index contributed by atoms with van der Waals surface area (Å²) in [7, 11) is 2.18. The number of hydrogen-bond acceptors (Lipinski definition) is 2. The summed E-state index contributed by atoms with van der Waals surface area (Å²) < 4.78 is 0. The van der Waals surface area contributed by atoms with Gasteiger partial charge >= 0.3 is 0 Å². The van der Waals surface area contributed by atoms with Gasteiger partial charge in [-0.3, -0.25) is 9.69 Å². The van der Waals surface area contributed by atoms with Gasteiger partial charge in [-0.2, -0.15) is 0 Å². The van der Waals surface area contributed by atoms with Gasteiger partial charge in [0.15, 0.2) is 0 Å². The van der Waals surface area contributed by atoms with Crippen molar-refractivity contribution in [2.24, 2.45) is 0 Å². The molecule has 1 amide bonds. The number of rotatable bonds is 3. The first-order chi connectivity index (χ1) is 6.72. The molecule has 1 atom stereocenters. The molecule has 14 heavy (non-hydrogen) atoms. The van der Waals surface area contributed by atoms with Gasteiger partial charge in [-0.1, -0.05) is 0 Å². The number of likely N-dealkylation sites (tertiary alicyclic amines) is 1. The molecule has 0 aromatic heterocycles. The van der Waals surface area contributed by atoms with E-state index >= 15 is 0 Å². The molecule has 2 fully saturated rings. The molecule has 0 radical (unpaired) electrons. The largest absolute Gasteiger partial charge is 0.340 e. The van der Waals surface area contributed by atoms with E-state index in [0.29, 0.717) is 6.04 Å². The van der Waals surface area contributed by atoms with Crippen LogP contribution in [0.1, 0.15) is 19.3 Å². The number of amides is 1. The van der Waals surface area contributed by atoms with Gasteiger partial charge in [0.1, 0.15) is 5.88 Å². The van der Waals surface area contributed by atoms with Crippen molar-refractivity contribution in [2.45, 2.75) is 31.3 Å². The maximum Gasteiger partial charge on any atom is 0.237 e. The third-order valence-electron chi connectivity index (χ3n) is 3.33. The molecule has 1 saturated carbocycles. The van der Waals surface area contributed by atoms with Gasteiger partial charge in [-0.15, -0.1) is 11.6 Å². The van der Waals surface area contributed by atoms with Crippen molar-refractivity contribution >= 4 is 17.5 Å². The number of hydrogen-bond donors (Lipinski definition) is 0. The summed E-state index contributed by atoms with van der Waals surface area (Å²) in [5.41, 5.74) is 0. The fraction of sp³-hybridized carbons (Fsp3) is 0.900. The molecule has 0 spiro atoms. The minimum Gasteiger partial charge on any atom is -0.340 e. The van der Waals surface area contributed by atoms with Crippen molar-refractivity contribution < 1.29 is 4.79 Å². The van der Waals surface area contributed by atoms with Crippen LogP contribution in [0.5, 0.6) is 0 Å². The van der Waals surface area contributed by atoms with Crippen molar-refractivity contribution in [3.05, 3.63) is 0 Å². The molecule has 1 saturated heterocycles. The second-order valence-electron chi connectivity index (χ2n) is 4.31. The molecular formula is C10H17ClN2O. The molecular weight excluding hydrogens is 200 g/mol. The molecule has 1 aliphatic carbocycles. The van der Waals surface area contributed by atoms with Crippen molar-refractivity contribution in [1.82, 2.24) is 9.80 Å². The van der Waals surface area contributed by atoms with Gasteiger partial charge in [-0.05, 0) is 26.3 Å². The number of likely N-dealkylation sites (N-methyl/N-ethyl adjacent to an activating group) is 1. The fourth-order valence-corrected chi connectivity index (χ4v) is 2.33. The Hall–Kier alpha value is -0.280. The smallest absolute Gasteiger partial charge is 0.237 e. The van der Waals surface area contributed by atoms with Crippen molar-refractivity contribution in [2.75, 3.05) is 26.0 Å². The normalized spacial score (nSPS) is 27.4. The van der Waals surface area contributed by atoms with Crippen LogP contribution in [0.4, 0.5) is 0 Å². The van der Waals surface area contributed by atoms with E-state index in [4.69, 9.17) is 11.6 Å². The lowest BCUT2D eigenvalue weighted by molar-refractivity contribution is -0.127. The van der Waals surface area contributed by atoms with E-state index in [1.165, 1.54) is 12.8 Å². The summed E-state index contributed by atoms with van der Waals surface area (Å²) in [5.74, 6) is 0.207. The van der Waals surface area contributed by atoms with Gasteiger partial charge in [0, 0.05) is 25.2 Å². The highest BCUT2D eigenvalue weighted by Gasteiger charge is 2.35. The van der Waals surface area contributed by atoms with Crippen LogP contribution in [0, 0.1) is 0 Å². The maximum absolute atomic E-state index is 11.3. The highest BCUT2D eigenvalue weighted by molar-refractivity contribution is 6.27. The number of halogens is 1. The minimum atomic E-state index is 0.0818. The van der Waals surface area contributed by atoms with Crippen molar-refractivity contribution in [3.63, 3.8) is 0 Å². The monoisotopic (exact) mass is 216 g/mol. The van der Waals surface area contributed by atoms with Crippen LogP contribution in [-0.4, -0.2) is 53.8 Å². The molecule has 0 aromatic rings. The molecule has 3 nitrogen and oxygen atoms in total. The predicted molar refractivity (Wildman–Crippen MR) is 56.5 cm³/mol. The lowest BCUT2D eigenvalue weighted by atomic mass is 10.2. The van der Waals surface area contributed by atoms with Crippen LogP contribution in [0.25, 0.3) is 0 Å². The number of carbonyl (C=O) groups excluding carboxylic acids is 1. The molecule has 0 N–H and O–H groups in total. The first kappa shape index (κ1) is 10.2. The quantitative estimate of drug-likeness (QED) is 0.656. The molecule has 0 bridgehead atoms. The van der Waals surface area contributed by atoms with Crippen molar-refractivity contribution in [1.29, 1.82) is 0 Å². The van der Waals surface area contributed by atoms with E-state index < -0.39 is 0 Å². The van der Waals surface area contributed by atoms with E-state index in [0.717, 1.165) is 25.6 Å². The zero-order valence-corrected chi connectivity index (χ0v) is 9.33. The second kappa shape index (κ2) is 4.07. The molecule has 1 aliphatic heterocycles.